The van der Waals surface area contributed by atoms with Crippen molar-refractivity contribution in [1.82, 2.24) is 15.5 Å². The van der Waals surface area contributed by atoms with Crippen molar-refractivity contribution >= 4 is 11.8 Å². The van der Waals surface area contributed by atoms with Crippen LogP contribution in [0, 0.1) is 0 Å². The van der Waals surface area contributed by atoms with Crippen molar-refractivity contribution in [1.29, 1.82) is 0 Å². The van der Waals surface area contributed by atoms with E-state index in [1.54, 1.807) is 0 Å². The first kappa shape index (κ1) is 11.9. The Labute approximate surface area is 101 Å². The Bertz CT molecular complexity index is 323. The number of rotatable bonds is 5. The summed E-state index contributed by atoms with van der Waals surface area (Å²) in [6, 6.07) is 0.162. The summed E-state index contributed by atoms with van der Waals surface area (Å²) in [6.45, 7) is 5.20. The van der Waals surface area contributed by atoms with Gasteiger partial charge in [0.1, 0.15) is 0 Å². The molecule has 4 nitrogen and oxygen atoms in total. The van der Waals surface area contributed by atoms with Gasteiger partial charge in [0.05, 0.1) is 6.04 Å². The molecule has 2 rings (SSSR count). The maximum Gasteiger partial charge on any atom is 0.233 e. The maximum atomic E-state index is 5.73. The molecule has 0 spiro atoms. The minimum atomic E-state index is 0.162. The van der Waals surface area contributed by atoms with Gasteiger partial charge in [0, 0.05) is 11.7 Å². The summed E-state index contributed by atoms with van der Waals surface area (Å²) >= 11 is 1.97. The molecule has 1 aromatic heterocycles. The smallest absolute Gasteiger partial charge is 0.233 e. The molecule has 0 radical (unpaired) electrons. The van der Waals surface area contributed by atoms with E-state index < -0.39 is 0 Å². The first-order valence-corrected chi connectivity index (χ1v) is 7.11. The zero-order valence-electron chi connectivity index (χ0n) is 9.90. The van der Waals surface area contributed by atoms with Gasteiger partial charge in [-0.25, -0.2) is 0 Å². The molecule has 1 fully saturated rings. The zero-order chi connectivity index (χ0) is 11.4. The third-order valence-corrected chi connectivity index (χ3v) is 3.97. The fraction of sp³-hybridized carbons (Fsp3) is 0.818. The Morgan fingerprint density at radius 2 is 2.44 bits per heavy atom. The average molecular weight is 241 g/mol. The second kappa shape index (κ2) is 5.68. The fourth-order valence-corrected chi connectivity index (χ4v) is 2.98. The predicted molar refractivity (Wildman–Crippen MR) is 65.7 cm³/mol. The van der Waals surface area contributed by atoms with E-state index in [1.807, 2.05) is 11.8 Å². The van der Waals surface area contributed by atoms with Crippen molar-refractivity contribution in [3.05, 3.63) is 11.8 Å². The van der Waals surface area contributed by atoms with Crippen LogP contribution in [0.25, 0.3) is 0 Å². The molecule has 0 bridgehead atoms. The molecule has 90 valence electrons. The van der Waals surface area contributed by atoms with Crippen LogP contribution in [0.5, 0.6) is 0 Å². The van der Waals surface area contributed by atoms with Crippen molar-refractivity contribution in [2.24, 2.45) is 0 Å². The van der Waals surface area contributed by atoms with Crippen LogP contribution in [0.15, 0.2) is 4.42 Å². The van der Waals surface area contributed by atoms with Crippen LogP contribution < -0.4 is 5.32 Å². The summed E-state index contributed by atoms with van der Waals surface area (Å²) in [6.07, 6.45) is 2.29. The molecule has 1 aromatic rings. The summed E-state index contributed by atoms with van der Waals surface area (Å²) in [5, 5.41) is 11.6. The highest BCUT2D eigenvalue weighted by atomic mass is 32.2. The second-order valence-corrected chi connectivity index (χ2v) is 5.36. The topological polar surface area (TPSA) is 51.0 Å². The van der Waals surface area contributed by atoms with E-state index in [4.69, 9.17) is 4.42 Å². The number of nitrogens with zero attached hydrogens (tertiary/aromatic N) is 2. The van der Waals surface area contributed by atoms with Gasteiger partial charge in [-0.05, 0) is 32.1 Å². The Morgan fingerprint density at radius 3 is 3.12 bits per heavy atom. The van der Waals surface area contributed by atoms with Crippen molar-refractivity contribution in [3.8, 4) is 0 Å². The molecular weight excluding hydrogens is 222 g/mol. The molecule has 16 heavy (non-hydrogen) atoms. The molecule has 2 atom stereocenters. The molecule has 2 unspecified atom stereocenters. The van der Waals surface area contributed by atoms with E-state index >= 15 is 0 Å². The Kier molecular flexibility index (Phi) is 4.23. The summed E-state index contributed by atoms with van der Waals surface area (Å²) in [5.41, 5.74) is 0. The van der Waals surface area contributed by atoms with E-state index in [0.29, 0.717) is 5.92 Å². The van der Waals surface area contributed by atoms with Gasteiger partial charge in [-0.3, -0.25) is 0 Å². The van der Waals surface area contributed by atoms with Crippen LogP contribution in [0.4, 0.5) is 0 Å². The maximum absolute atomic E-state index is 5.73. The van der Waals surface area contributed by atoms with E-state index in [9.17, 15) is 0 Å². The fourth-order valence-electron chi connectivity index (χ4n) is 1.76. The highest BCUT2D eigenvalue weighted by Crippen LogP contribution is 2.31. The van der Waals surface area contributed by atoms with Crippen LogP contribution in [0.3, 0.4) is 0 Å². The molecule has 1 N–H and O–H groups in total. The van der Waals surface area contributed by atoms with Gasteiger partial charge in [-0.1, -0.05) is 6.92 Å². The Balaban J connectivity index is 1.95. The van der Waals surface area contributed by atoms with Crippen LogP contribution in [-0.4, -0.2) is 28.2 Å². The quantitative estimate of drug-likeness (QED) is 0.857. The summed E-state index contributed by atoms with van der Waals surface area (Å²) in [7, 11) is 0. The lowest BCUT2D eigenvalue weighted by Gasteiger charge is -2.07. The third-order valence-electron chi connectivity index (χ3n) is 2.81. The van der Waals surface area contributed by atoms with Gasteiger partial charge < -0.3 is 9.73 Å². The van der Waals surface area contributed by atoms with Crippen LogP contribution in [0.2, 0.25) is 0 Å². The number of nitrogens with one attached hydrogen (secondary N) is 1. The highest BCUT2D eigenvalue weighted by Gasteiger charge is 2.24. The van der Waals surface area contributed by atoms with Crippen LogP contribution in [0.1, 0.15) is 50.4 Å². The molecule has 2 heterocycles. The molecule has 0 saturated carbocycles. The molecule has 0 amide bonds. The largest absolute Gasteiger partial charge is 0.423 e. The minimum Gasteiger partial charge on any atom is -0.423 e. The van der Waals surface area contributed by atoms with Gasteiger partial charge in [0.2, 0.25) is 11.8 Å². The van der Waals surface area contributed by atoms with E-state index in [1.165, 1.54) is 12.2 Å². The van der Waals surface area contributed by atoms with Crippen LogP contribution >= 0.6 is 11.8 Å². The Hall–Kier alpha value is -0.550. The number of aromatic nitrogens is 2. The normalized spacial score (nSPS) is 22.5. The number of hydrogen-bond donors (Lipinski definition) is 1. The van der Waals surface area contributed by atoms with Crippen molar-refractivity contribution in [3.63, 3.8) is 0 Å². The monoisotopic (exact) mass is 241 g/mol. The molecular formula is C11H19N3OS. The molecule has 1 aliphatic rings. The molecule has 1 saturated heterocycles. The SMILES string of the molecule is CCCNC(C)c1nnc(C2CCSC2)o1. The lowest BCUT2D eigenvalue weighted by atomic mass is 10.1. The summed E-state index contributed by atoms with van der Waals surface area (Å²) < 4.78 is 5.73. The first-order valence-electron chi connectivity index (χ1n) is 5.95. The lowest BCUT2D eigenvalue weighted by molar-refractivity contribution is 0.380. The first-order chi connectivity index (χ1) is 7.81. The Morgan fingerprint density at radius 1 is 1.56 bits per heavy atom. The average Bonchev–Trinajstić information content (AvgIpc) is 2.94. The van der Waals surface area contributed by atoms with Crippen molar-refractivity contribution in [2.45, 2.75) is 38.6 Å². The van der Waals surface area contributed by atoms with Gasteiger partial charge in [-0.15, -0.1) is 10.2 Å². The molecule has 0 aromatic carbocycles. The predicted octanol–water partition coefficient (Wildman–Crippen LogP) is 2.35. The standard InChI is InChI=1S/C11H19N3OS/c1-3-5-12-8(2)10-13-14-11(15-10)9-4-6-16-7-9/h8-9,12H,3-7H2,1-2H3. The van der Waals surface area contributed by atoms with Gasteiger partial charge in [0.15, 0.2) is 0 Å². The molecule has 1 aliphatic heterocycles. The van der Waals surface area contributed by atoms with Gasteiger partial charge >= 0.3 is 0 Å². The van der Waals surface area contributed by atoms with Gasteiger partial charge in [0.25, 0.3) is 0 Å². The third kappa shape index (κ3) is 2.77. The van der Waals surface area contributed by atoms with E-state index in [-0.39, 0.29) is 6.04 Å². The highest BCUT2D eigenvalue weighted by molar-refractivity contribution is 7.99. The van der Waals surface area contributed by atoms with Crippen molar-refractivity contribution < 1.29 is 4.42 Å². The summed E-state index contributed by atoms with van der Waals surface area (Å²) in [5.74, 6) is 4.36. The zero-order valence-corrected chi connectivity index (χ0v) is 10.7. The summed E-state index contributed by atoms with van der Waals surface area (Å²) in [4.78, 5) is 0. The van der Waals surface area contributed by atoms with E-state index in [2.05, 4.69) is 29.4 Å². The lowest BCUT2D eigenvalue weighted by Crippen LogP contribution is -2.19. The molecule has 0 aliphatic carbocycles. The van der Waals surface area contributed by atoms with Crippen molar-refractivity contribution in [2.75, 3.05) is 18.1 Å². The van der Waals surface area contributed by atoms with Crippen LogP contribution in [-0.2, 0) is 0 Å². The number of thioether (sulfide) groups is 1. The number of hydrogen-bond acceptors (Lipinski definition) is 5. The van der Waals surface area contributed by atoms with Gasteiger partial charge in [-0.2, -0.15) is 11.8 Å². The molecule has 5 heteroatoms. The van der Waals surface area contributed by atoms with E-state index in [0.717, 1.165) is 30.5 Å². The minimum absolute atomic E-state index is 0.162. The second-order valence-electron chi connectivity index (χ2n) is 4.21.